The number of piperidine rings is 1. The van der Waals surface area contributed by atoms with E-state index in [0.29, 0.717) is 0 Å². The van der Waals surface area contributed by atoms with Gasteiger partial charge in [0, 0.05) is 19.7 Å². The third-order valence-electron chi connectivity index (χ3n) is 3.94. The molecule has 2 aliphatic rings. The molecule has 106 valence electrons. The highest BCUT2D eigenvalue weighted by atomic mass is 16.7. The van der Waals surface area contributed by atoms with Gasteiger partial charge in [0.2, 0.25) is 0 Å². The van der Waals surface area contributed by atoms with Crippen molar-refractivity contribution in [1.29, 1.82) is 0 Å². The first-order valence-corrected chi connectivity index (χ1v) is 7.47. The molecule has 0 aromatic carbocycles. The maximum Gasteiger partial charge on any atom is 0.157 e. The highest BCUT2D eigenvalue weighted by Gasteiger charge is 2.16. The Morgan fingerprint density at radius 3 is 2.78 bits per heavy atom. The molecule has 0 aromatic rings. The van der Waals surface area contributed by atoms with Crippen LogP contribution in [0.5, 0.6) is 0 Å². The number of likely N-dealkylation sites (N-methyl/N-ethyl adjacent to an activating group) is 1. The molecule has 2 fully saturated rings. The van der Waals surface area contributed by atoms with Crippen molar-refractivity contribution < 1.29 is 9.47 Å². The molecule has 2 heterocycles. The molecule has 2 aliphatic heterocycles. The van der Waals surface area contributed by atoms with Gasteiger partial charge >= 0.3 is 0 Å². The molecule has 2 saturated heterocycles. The van der Waals surface area contributed by atoms with Gasteiger partial charge in [0.25, 0.3) is 0 Å². The first-order chi connectivity index (χ1) is 8.84. The Kier molecular flexibility index (Phi) is 6.41. The lowest BCUT2D eigenvalue weighted by molar-refractivity contribution is -0.163. The average molecular weight is 256 g/mol. The van der Waals surface area contributed by atoms with Crippen molar-refractivity contribution in [2.75, 3.05) is 46.4 Å². The molecule has 0 bridgehead atoms. The van der Waals surface area contributed by atoms with Crippen LogP contribution >= 0.6 is 0 Å². The van der Waals surface area contributed by atoms with Crippen LogP contribution in [0.4, 0.5) is 0 Å². The molecule has 4 nitrogen and oxygen atoms in total. The van der Waals surface area contributed by atoms with Gasteiger partial charge in [0.1, 0.15) is 0 Å². The Balaban J connectivity index is 1.52. The van der Waals surface area contributed by atoms with Crippen molar-refractivity contribution in [1.82, 2.24) is 10.2 Å². The molecule has 1 N–H and O–H groups in total. The van der Waals surface area contributed by atoms with Crippen LogP contribution in [-0.4, -0.2) is 57.6 Å². The molecular formula is C14H28N2O2. The second-order valence-electron chi connectivity index (χ2n) is 5.62. The molecule has 0 spiro atoms. The van der Waals surface area contributed by atoms with E-state index in [1.54, 1.807) is 0 Å². The van der Waals surface area contributed by atoms with Crippen LogP contribution in [-0.2, 0) is 9.47 Å². The Hall–Kier alpha value is -0.160. The normalized spacial score (nSPS) is 26.7. The summed E-state index contributed by atoms with van der Waals surface area (Å²) in [5.41, 5.74) is 0. The number of hydrogen-bond acceptors (Lipinski definition) is 4. The molecule has 4 heteroatoms. The van der Waals surface area contributed by atoms with Crippen LogP contribution < -0.4 is 5.32 Å². The largest absolute Gasteiger partial charge is 0.353 e. The van der Waals surface area contributed by atoms with Gasteiger partial charge in [-0.3, -0.25) is 0 Å². The van der Waals surface area contributed by atoms with E-state index < -0.39 is 0 Å². The summed E-state index contributed by atoms with van der Waals surface area (Å²) in [6, 6.07) is 0. The summed E-state index contributed by atoms with van der Waals surface area (Å²) in [6.45, 7) is 6.26. The van der Waals surface area contributed by atoms with Gasteiger partial charge in [-0.1, -0.05) is 0 Å². The summed E-state index contributed by atoms with van der Waals surface area (Å²) in [6.07, 6.45) is 6.20. The topological polar surface area (TPSA) is 33.7 Å². The van der Waals surface area contributed by atoms with E-state index in [-0.39, 0.29) is 6.29 Å². The lowest BCUT2D eigenvalue weighted by Gasteiger charge is -2.28. The molecule has 0 amide bonds. The predicted octanol–water partition coefficient (Wildman–Crippen LogP) is 1.46. The van der Waals surface area contributed by atoms with Gasteiger partial charge in [-0.2, -0.15) is 0 Å². The van der Waals surface area contributed by atoms with Crippen LogP contribution in [0.1, 0.15) is 32.1 Å². The van der Waals surface area contributed by atoms with Crippen molar-refractivity contribution in [3.05, 3.63) is 0 Å². The zero-order chi connectivity index (χ0) is 12.6. The maximum absolute atomic E-state index is 5.77. The summed E-state index contributed by atoms with van der Waals surface area (Å²) in [4.78, 5) is 2.40. The van der Waals surface area contributed by atoms with Crippen molar-refractivity contribution in [2.24, 2.45) is 5.92 Å². The van der Waals surface area contributed by atoms with Gasteiger partial charge in [-0.15, -0.1) is 0 Å². The quantitative estimate of drug-likeness (QED) is 0.780. The lowest BCUT2D eigenvalue weighted by Crippen LogP contribution is -2.36. The van der Waals surface area contributed by atoms with Gasteiger partial charge in [-0.25, -0.2) is 0 Å². The van der Waals surface area contributed by atoms with E-state index in [1.165, 1.54) is 45.3 Å². The third-order valence-corrected chi connectivity index (χ3v) is 3.94. The second-order valence-corrected chi connectivity index (χ2v) is 5.62. The molecule has 0 radical (unpaired) electrons. The monoisotopic (exact) mass is 256 g/mol. The van der Waals surface area contributed by atoms with E-state index in [0.717, 1.165) is 32.1 Å². The molecule has 0 aliphatic carbocycles. The highest BCUT2D eigenvalue weighted by Crippen LogP contribution is 2.14. The van der Waals surface area contributed by atoms with Gasteiger partial charge in [0.05, 0.1) is 6.61 Å². The fourth-order valence-electron chi connectivity index (χ4n) is 2.78. The van der Waals surface area contributed by atoms with Gasteiger partial charge < -0.3 is 19.7 Å². The van der Waals surface area contributed by atoms with Crippen LogP contribution in [0.3, 0.4) is 0 Å². The van der Waals surface area contributed by atoms with Crippen molar-refractivity contribution in [3.63, 3.8) is 0 Å². The van der Waals surface area contributed by atoms with Gasteiger partial charge in [0.15, 0.2) is 6.29 Å². The predicted molar refractivity (Wildman–Crippen MR) is 72.6 cm³/mol. The molecule has 0 saturated carbocycles. The summed E-state index contributed by atoms with van der Waals surface area (Å²) in [7, 11) is 2.20. The Morgan fingerprint density at radius 2 is 2.06 bits per heavy atom. The standard InChI is InChI=1S/C14H28N2O2/c1-16(12-13-5-7-15-8-6-13)9-11-18-14-4-2-3-10-17-14/h13-15H,2-12H2,1H3. The molecular weight excluding hydrogens is 228 g/mol. The zero-order valence-corrected chi connectivity index (χ0v) is 11.7. The van der Waals surface area contributed by atoms with E-state index in [2.05, 4.69) is 17.3 Å². The minimum atomic E-state index is 0.0611. The Bertz CT molecular complexity index is 214. The molecule has 0 aromatic heterocycles. The maximum atomic E-state index is 5.77. The van der Waals surface area contributed by atoms with E-state index in [4.69, 9.17) is 9.47 Å². The van der Waals surface area contributed by atoms with E-state index >= 15 is 0 Å². The van der Waals surface area contributed by atoms with Crippen LogP contribution in [0.25, 0.3) is 0 Å². The van der Waals surface area contributed by atoms with Crippen LogP contribution in [0.15, 0.2) is 0 Å². The summed E-state index contributed by atoms with van der Waals surface area (Å²) in [5.74, 6) is 0.863. The third kappa shape index (κ3) is 5.22. The molecule has 1 atom stereocenters. The molecule has 18 heavy (non-hydrogen) atoms. The number of ether oxygens (including phenoxy) is 2. The highest BCUT2D eigenvalue weighted by molar-refractivity contribution is 4.71. The first-order valence-electron chi connectivity index (χ1n) is 7.47. The lowest BCUT2D eigenvalue weighted by atomic mass is 9.98. The minimum absolute atomic E-state index is 0.0611. The average Bonchev–Trinajstić information content (AvgIpc) is 2.41. The number of nitrogens with one attached hydrogen (secondary N) is 1. The van der Waals surface area contributed by atoms with E-state index in [9.17, 15) is 0 Å². The number of nitrogens with zero attached hydrogens (tertiary/aromatic N) is 1. The fourth-order valence-corrected chi connectivity index (χ4v) is 2.78. The van der Waals surface area contributed by atoms with E-state index in [1.807, 2.05) is 0 Å². The fraction of sp³-hybridized carbons (Fsp3) is 1.00. The van der Waals surface area contributed by atoms with Crippen LogP contribution in [0.2, 0.25) is 0 Å². The molecule has 1 unspecified atom stereocenters. The number of rotatable bonds is 6. The Morgan fingerprint density at radius 1 is 1.22 bits per heavy atom. The number of hydrogen-bond donors (Lipinski definition) is 1. The summed E-state index contributed by atoms with van der Waals surface area (Å²) in [5, 5.41) is 3.41. The Labute approximate surface area is 111 Å². The molecule has 2 rings (SSSR count). The smallest absolute Gasteiger partial charge is 0.157 e. The second kappa shape index (κ2) is 8.10. The van der Waals surface area contributed by atoms with Crippen molar-refractivity contribution >= 4 is 0 Å². The van der Waals surface area contributed by atoms with Gasteiger partial charge in [-0.05, 0) is 58.2 Å². The van der Waals surface area contributed by atoms with Crippen molar-refractivity contribution in [2.45, 2.75) is 38.4 Å². The van der Waals surface area contributed by atoms with Crippen LogP contribution in [0, 0.1) is 5.92 Å². The summed E-state index contributed by atoms with van der Waals surface area (Å²) >= 11 is 0. The first kappa shape index (κ1) is 14.3. The SMILES string of the molecule is CN(CCOC1CCCCO1)CC1CCNCC1. The zero-order valence-electron chi connectivity index (χ0n) is 11.7. The van der Waals surface area contributed by atoms with Crippen molar-refractivity contribution in [3.8, 4) is 0 Å². The minimum Gasteiger partial charge on any atom is -0.353 e. The summed E-state index contributed by atoms with van der Waals surface area (Å²) < 4.78 is 11.3.